The van der Waals surface area contributed by atoms with Crippen LogP contribution in [0.25, 0.3) is 0 Å². The molecule has 1 heterocycles. The van der Waals surface area contributed by atoms with Crippen LogP contribution in [0.5, 0.6) is 0 Å². The molecule has 0 saturated heterocycles. The first-order chi connectivity index (χ1) is 4.74. The molecule has 1 aromatic rings. The molecule has 0 aliphatic rings. The van der Waals surface area contributed by atoms with E-state index in [4.69, 9.17) is 11.6 Å². The van der Waals surface area contributed by atoms with Crippen LogP contribution in [0.4, 0.5) is 4.39 Å². The first-order valence-corrected chi connectivity index (χ1v) is 2.89. The quantitative estimate of drug-likeness (QED) is 0.508. The molecule has 1 aromatic heterocycles. The standard InChI is InChI=1S/C6H3ClFNO.ClH/c7-6-5(8)2-1-4(3-10)9-6;/h1-3H;1H. The number of hydrogen-bond acceptors (Lipinski definition) is 2. The SMILES string of the molecule is Cl.O=Cc1ccc(F)c(Cl)n1. The van der Waals surface area contributed by atoms with E-state index in [2.05, 4.69) is 4.98 Å². The highest BCUT2D eigenvalue weighted by Gasteiger charge is 1.99. The molecule has 0 unspecified atom stereocenters. The molecule has 1 rings (SSSR count). The number of aldehydes is 1. The molecule has 0 radical (unpaired) electrons. The zero-order valence-corrected chi connectivity index (χ0v) is 6.82. The van der Waals surface area contributed by atoms with Gasteiger partial charge in [0.25, 0.3) is 0 Å². The van der Waals surface area contributed by atoms with Crippen molar-refractivity contribution in [1.29, 1.82) is 0 Å². The maximum atomic E-state index is 12.3. The highest BCUT2D eigenvalue weighted by atomic mass is 35.5. The van der Waals surface area contributed by atoms with E-state index in [0.29, 0.717) is 6.29 Å². The van der Waals surface area contributed by atoms with Crippen LogP contribution < -0.4 is 0 Å². The monoisotopic (exact) mass is 195 g/mol. The summed E-state index contributed by atoms with van der Waals surface area (Å²) in [5.41, 5.74) is 0.131. The molecule has 2 nitrogen and oxygen atoms in total. The summed E-state index contributed by atoms with van der Waals surface area (Å²) < 4.78 is 12.3. The van der Waals surface area contributed by atoms with E-state index in [-0.39, 0.29) is 23.3 Å². The largest absolute Gasteiger partial charge is 0.296 e. The molecule has 5 heteroatoms. The number of nitrogens with zero attached hydrogens (tertiary/aromatic N) is 1. The molecule has 0 atom stereocenters. The zero-order valence-electron chi connectivity index (χ0n) is 5.25. The number of pyridine rings is 1. The van der Waals surface area contributed by atoms with E-state index in [0.717, 1.165) is 6.07 Å². The van der Waals surface area contributed by atoms with Gasteiger partial charge >= 0.3 is 0 Å². The lowest BCUT2D eigenvalue weighted by molar-refractivity contribution is 0.111. The Balaban J connectivity index is 0.000001000. The predicted molar refractivity (Wildman–Crippen MR) is 41.8 cm³/mol. The fraction of sp³-hybridized carbons (Fsp3) is 0. The van der Waals surface area contributed by atoms with Gasteiger partial charge in [-0.25, -0.2) is 9.37 Å². The van der Waals surface area contributed by atoms with Gasteiger partial charge < -0.3 is 0 Å². The van der Waals surface area contributed by atoms with Crippen LogP contribution in [0.2, 0.25) is 5.15 Å². The van der Waals surface area contributed by atoms with Gasteiger partial charge in [-0.1, -0.05) is 11.6 Å². The summed E-state index contributed by atoms with van der Waals surface area (Å²) >= 11 is 5.25. The highest BCUT2D eigenvalue weighted by Crippen LogP contribution is 2.09. The van der Waals surface area contributed by atoms with Crippen LogP contribution in [0.3, 0.4) is 0 Å². The van der Waals surface area contributed by atoms with E-state index in [1.54, 1.807) is 0 Å². The second kappa shape index (κ2) is 4.26. The minimum atomic E-state index is -0.618. The van der Waals surface area contributed by atoms with Crippen LogP contribution in [0.1, 0.15) is 10.5 Å². The number of aromatic nitrogens is 1. The first kappa shape index (κ1) is 10.3. The van der Waals surface area contributed by atoms with Crippen molar-refractivity contribution in [2.45, 2.75) is 0 Å². The maximum Gasteiger partial charge on any atom is 0.168 e. The molecule has 0 saturated carbocycles. The van der Waals surface area contributed by atoms with Crippen LogP contribution in [0.15, 0.2) is 12.1 Å². The second-order valence-electron chi connectivity index (χ2n) is 1.63. The third-order valence-corrected chi connectivity index (χ3v) is 1.21. The molecule has 60 valence electrons. The summed E-state index contributed by atoms with van der Waals surface area (Å²) in [5, 5.41) is -0.274. The van der Waals surface area contributed by atoms with Gasteiger partial charge in [0, 0.05) is 0 Å². The van der Waals surface area contributed by atoms with Crippen LogP contribution >= 0.6 is 24.0 Å². The Morgan fingerprint density at radius 2 is 2.18 bits per heavy atom. The van der Waals surface area contributed by atoms with E-state index in [1.165, 1.54) is 6.07 Å². The van der Waals surface area contributed by atoms with E-state index in [9.17, 15) is 9.18 Å². The zero-order chi connectivity index (χ0) is 7.56. The highest BCUT2D eigenvalue weighted by molar-refractivity contribution is 6.29. The molecule has 11 heavy (non-hydrogen) atoms. The summed E-state index contributed by atoms with van der Waals surface area (Å²) in [6, 6.07) is 2.35. The minimum Gasteiger partial charge on any atom is -0.296 e. The maximum absolute atomic E-state index is 12.3. The average Bonchev–Trinajstić information content (AvgIpc) is 1.95. The number of carbonyl (C=O) groups is 1. The fourth-order valence-corrected chi connectivity index (χ4v) is 0.658. The predicted octanol–water partition coefficient (Wildman–Crippen LogP) is 2.11. The minimum absolute atomic E-state index is 0. The smallest absolute Gasteiger partial charge is 0.168 e. The normalized spacial score (nSPS) is 8.55. The molecular weight excluding hydrogens is 192 g/mol. The van der Waals surface area contributed by atoms with Crippen LogP contribution in [-0.2, 0) is 0 Å². The lowest BCUT2D eigenvalue weighted by atomic mass is 10.4. The lowest BCUT2D eigenvalue weighted by Gasteiger charge is -1.91. The Bertz CT molecular complexity index is 267. The van der Waals surface area contributed by atoms with E-state index >= 15 is 0 Å². The number of hydrogen-bond donors (Lipinski definition) is 0. The molecule has 0 N–H and O–H groups in total. The van der Waals surface area contributed by atoms with Crippen molar-refractivity contribution in [2.75, 3.05) is 0 Å². The summed E-state index contributed by atoms with van der Waals surface area (Å²) in [6.07, 6.45) is 0.505. The molecule has 0 aromatic carbocycles. The van der Waals surface area contributed by atoms with E-state index < -0.39 is 5.82 Å². The van der Waals surface area contributed by atoms with Crippen LogP contribution in [-0.4, -0.2) is 11.3 Å². The number of halogens is 3. The molecule has 0 fully saturated rings. The van der Waals surface area contributed by atoms with Crippen molar-refractivity contribution in [1.82, 2.24) is 4.98 Å². The van der Waals surface area contributed by atoms with Gasteiger partial charge in [0.2, 0.25) is 0 Å². The van der Waals surface area contributed by atoms with Crippen molar-refractivity contribution in [3.63, 3.8) is 0 Å². The molecule has 0 amide bonds. The van der Waals surface area contributed by atoms with Gasteiger partial charge in [0.1, 0.15) is 5.69 Å². The van der Waals surface area contributed by atoms with Gasteiger partial charge in [0.15, 0.2) is 17.3 Å². The Hall–Kier alpha value is -0.670. The van der Waals surface area contributed by atoms with Gasteiger partial charge in [-0.3, -0.25) is 4.79 Å². The number of rotatable bonds is 1. The van der Waals surface area contributed by atoms with Crippen molar-refractivity contribution in [3.05, 3.63) is 28.8 Å². The first-order valence-electron chi connectivity index (χ1n) is 2.51. The summed E-state index contributed by atoms with van der Waals surface area (Å²) in [7, 11) is 0. The topological polar surface area (TPSA) is 30.0 Å². The summed E-state index contributed by atoms with van der Waals surface area (Å²) in [4.78, 5) is 13.4. The Kier molecular flexibility index (Phi) is 4.00. The molecular formula is C6H4Cl2FNO. The number of carbonyl (C=O) groups excluding carboxylic acids is 1. The lowest BCUT2D eigenvalue weighted by Crippen LogP contribution is -1.88. The van der Waals surface area contributed by atoms with Gasteiger partial charge in [-0.05, 0) is 12.1 Å². The second-order valence-corrected chi connectivity index (χ2v) is 1.98. The van der Waals surface area contributed by atoms with E-state index in [1.807, 2.05) is 0 Å². The molecule has 0 spiro atoms. The third-order valence-electron chi connectivity index (χ3n) is 0.946. The fourth-order valence-electron chi connectivity index (χ4n) is 0.497. The summed E-state index contributed by atoms with van der Waals surface area (Å²) in [6.45, 7) is 0. The molecule has 0 aliphatic carbocycles. The third kappa shape index (κ3) is 2.44. The Morgan fingerprint density at radius 1 is 1.55 bits per heavy atom. The Labute approximate surface area is 73.8 Å². The van der Waals surface area contributed by atoms with Crippen molar-refractivity contribution >= 4 is 30.3 Å². The molecule has 0 aliphatic heterocycles. The van der Waals surface area contributed by atoms with Crippen molar-refractivity contribution in [2.24, 2.45) is 0 Å². The van der Waals surface area contributed by atoms with Gasteiger partial charge in [-0.2, -0.15) is 0 Å². The summed E-state index contributed by atoms with van der Waals surface area (Å²) in [5.74, 6) is -0.618. The molecule has 0 bridgehead atoms. The average molecular weight is 196 g/mol. The van der Waals surface area contributed by atoms with Gasteiger partial charge in [-0.15, -0.1) is 12.4 Å². The van der Waals surface area contributed by atoms with Crippen LogP contribution in [0, 0.1) is 5.82 Å². The van der Waals surface area contributed by atoms with Gasteiger partial charge in [0.05, 0.1) is 0 Å². The van der Waals surface area contributed by atoms with Crippen molar-refractivity contribution in [3.8, 4) is 0 Å². The van der Waals surface area contributed by atoms with Crippen molar-refractivity contribution < 1.29 is 9.18 Å². The Morgan fingerprint density at radius 3 is 2.64 bits per heavy atom.